The Morgan fingerprint density at radius 3 is 2.72 bits per heavy atom. The number of carboxylic acid groups (broad SMARTS) is 1. The molecule has 4 nitrogen and oxygen atoms in total. The minimum Gasteiger partial charge on any atom is -0.476 e. The van der Waals surface area contributed by atoms with E-state index in [-0.39, 0.29) is 5.69 Å². The second-order valence-corrected chi connectivity index (χ2v) is 4.13. The molecule has 0 aliphatic heterocycles. The van der Waals surface area contributed by atoms with Gasteiger partial charge in [-0.1, -0.05) is 12.1 Å². The van der Waals surface area contributed by atoms with Crippen LogP contribution in [0.25, 0.3) is 11.3 Å². The highest BCUT2D eigenvalue weighted by Gasteiger charge is 2.14. The molecule has 0 saturated carbocycles. The van der Waals surface area contributed by atoms with E-state index in [0.29, 0.717) is 11.3 Å². The Hall–Kier alpha value is -2.17. The number of halogens is 1. The number of carbonyl (C=O) groups is 1. The van der Waals surface area contributed by atoms with Crippen LogP contribution in [0.4, 0.5) is 4.39 Å². The zero-order valence-electron chi connectivity index (χ0n) is 10.1. The number of aryl methyl sites for hydroxylation is 2. The number of hydrogen-bond acceptors (Lipinski definition) is 2. The molecule has 1 aromatic carbocycles. The highest BCUT2D eigenvalue weighted by Crippen LogP contribution is 2.25. The van der Waals surface area contributed by atoms with E-state index in [1.807, 2.05) is 13.0 Å². The van der Waals surface area contributed by atoms with Gasteiger partial charge in [-0.2, -0.15) is 5.10 Å². The molecule has 0 atom stereocenters. The summed E-state index contributed by atoms with van der Waals surface area (Å²) in [5.74, 6) is -1.07. The van der Waals surface area contributed by atoms with Gasteiger partial charge in [-0.3, -0.25) is 4.68 Å². The summed E-state index contributed by atoms with van der Waals surface area (Å²) in [5.41, 5.74) is 2.96. The highest BCUT2D eigenvalue weighted by molar-refractivity contribution is 5.87. The van der Waals surface area contributed by atoms with Gasteiger partial charge < -0.3 is 5.11 Å². The standard InChI is InChI=1S/C13H13FN2O2/c1-8-3-4-9(7-14)5-10(8)12-6-11(13(17)18)15-16(12)2/h3-6H,7H2,1-2H3,(H,17,18). The Morgan fingerprint density at radius 1 is 1.44 bits per heavy atom. The molecular weight excluding hydrogens is 235 g/mol. The maximum Gasteiger partial charge on any atom is 0.356 e. The summed E-state index contributed by atoms with van der Waals surface area (Å²) in [6.45, 7) is 1.35. The van der Waals surface area contributed by atoms with Crippen molar-refractivity contribution in [2.45, 2.75) is 13.6 Å². The number of aromatic nitrogens is 2. The minimum atomic E-state index is -1.07. The average Bonchev–Trinajstić information content (AvgIpc) is 2.72. The van der Waals surface area contributed by atoms with Crippen molar-refractivity contribution in [3.63, 3.8) is 0 Å². The monoisotopic (exact) mass is 248 g/mol. The van der Waals surface area contributed by atoms with Gasteiger partial charge in [0.05, 0.1) is 5.69 Å². The highest BCUT2D eigenvalue weighted by atomic mass is 19.1. The van der Waals surface area contributed by atoms with Crippen molar-refractivity contribution in [1.82, 2.24) is 9.78 Å². The van der Waals surface area contributed by atoms with E-state index in [1.54, 1.807) is 19.2 Å². The smallest absolute Gasteiger partial charge is 0.356 e. The summed E-state index contributed by atoms with van der Waals surface area (Å²) >= 11 is 0. The molecule has 0 unspecified atom stereocenters. The third-order valence-corrected chi connectivity index (χ3v) is 2.83. The van der Waals surface area contributed by atoms with Crippen LogP contribution in [0.15, 0.2) is 24.3 Å². The molecular formula is C13H13FN2O2. The first-order valence-electron chi connectivity index (χ1n) is 5.46. The summed E-state index contributed by atoms with van der Waals surface area (Å²) in [6, 6.07) is 6.75. The van der Waals surface area contributed by atoms with Crippen LogP contribution in [0.1, 0.15) is 21.6 Å². The molecule has 18 heavy (non-hydrogen) atoms. The van der Waals surface area contributed by atoms with Crippen molar-refractivity contribution in [1.29, 1.82) is 0 Å². The van der Waals surface area contributed by atoms with Gasteiger partial charge in [-0.15, -0.1) is 0 Å². The quantitative estimate of drug-likeness (QED) is 0.908. The van der Waals surface area contributed by atoms with Crippen LogP contribution in [0.5, 0.6) is 0 Å². The zero-order chi connectivity index (χ0) is 13.3. The Balaban J connectivity index is 2.57. The van der Waals surface area contributed by atoms with Crippen molar-refractivity contribution < 1.29 is 14.3 Å². The lowest BCUT2D eigenvalue weighted by atomic mass is 10.0. The molecule has 0 bridgehead atoms. The van der Waals surface area contributed by atoms with E-state index >= 15 is 0 Å². The fourth-order valence-corrected chi connectivity index (χ4v) is 1.85. The molecule has 0 aliphatic carbocycles. The first-order valence-corrected chi connectivity index (χ1v) is 5.46. The van der Waals surface area contributed by atoms with Gasteiger partial charge in [0.25, 0.3) is 0 Å². The van der Waals surface area contributed by atoms with E-state index in [0.717, 1.165) is 11.1 Å². The van der Waals surface area contributed by atoms with Crippen LogP contribution in [-0.4, -0.2) is 20.9 Å². The maximum atomic E-state index is 12.7. The Morgan fingerprint density at radius 2 is 2.17 bits per heavy atom. The van der Waals surface area contributed by atoms with Gasteiger partial charge in [0.1, 0.15) is 6.67 Å². The number of hydrogen-bond donors (Lipinski definition) is 1. The summed E-state index contributed by atoms with van der Waals surface area (Å²) in [6.07, 6.45) is 0. The lowest BCUT2D eigenvalue weighted by molar-refractivity contribution is 0.0689. The number of alkyl halides is 1. The number of carboxylic acids is 1. The molecule has 0 radical (unpaired) electrons. The maximum absolute atomic E-state index is 12.7. The number of aromatic carboxylic acids is 1. The average molecular weight is 248 g/mol. The first kappa shape index (κ1) is 12.3. The molecule has 1 N–H and O–H groups in total. The molecule has 94 valence electrons. The topological polar surface area (TPSA) is 55.1 Å². The van der Waals surface area contributed by atoms with Crippen LogP contribution < -0.4 is 0 Å². The van der Waals surface area contributed by atoms with Crippen LogP contribution in [0.3, 0.4) is 0 Å². The predicted molar refractivity (Wildman–Crippen MR) is 65.2 cm³/mol. The van der Waals surface area contributed by atoms with Crippen molar-refractivity contribution in [3.05, 3.63) is 41.1 Å². The summed E-state index contributed by atoms with van der Waals surface area (Å²) in [4.78, 5) is 10.9. The van der Waals surface area contributed by atoms with Gasteiger partial charge in [-0.05, 0) is 30.2 Å². The van der Waals surface area contributed by atoms with Crippen molar-refractivity contribution >= 4 is 5.97 Å². The molecule has 0 amide bonds. The Bertz CT molecular complexity index is 605. The van der Waals surface area contributed by atoms with Crippen LogP contribution in [0, 0.1) is 6.92 Å². The SMILES string of the molecule is Cc1ccc(CF)cc1-c1cc(C(=O)O)nn1C. The van der Waals surface area contributed by atoms with Gasteiger partial charge in [0, 0.05) is 12.6 Å². The molecule has 1 heterocycles. The van der Waals surface area contributed by atoms with Gasteiger partial charge in [0.15, 0.2) is 5.69 Å². The van der Waals surface area contributed by atoms with Crippen LogP contribution >= 0.6 is 0 Å². The summed E-state index contributed by atoms with van der Waals surface area (Å²) in [5, 5.41) is 12.8. The van der Waals surface area contributed by atoms with Gasteiger partial charge in [0.2, 0.25) is 0 Å². The summed E-state index contributed by atoms with van der Waals surface area (Å²) < 4.78 is 14.2. The third kappa shape index (κ3) is 2.11. The second kappa shape index (κ2) is 4.60. The molecule has 0 saturated heterocycles. The molecule has 1 aromatic heterocycles. The fraction of sp³-hybridized carbons (Fsp3) is 0.231. The van der Waals surface area contributed by atoms with E-state index in [1.165, 1.54) is 10.7 Å². The minimum absolute atomic E-state index is 0.0162. The van der Waals surface area contributed by atoms with Crippen molar-refractivity contribution in [2.75, 3.05) is 0 Å². The molecule has 2 aromatic rings. The molecule has 0 aliphatic rings. The van der Waals surface area contributed by atoms with E-state index < -0.39 is 12.6 Å². The summed E-state index contributed by atoms with van der Waals surface area (Å²) in [7, 11) is 1.67. The molecule has 0 spiro atoms. The largest absolute Gasteiger partial charge is 0.476 e. The Labute approximate surface area is 104 Å². The Kier molecular flexibility index (Phi) is 3.14. The van der Waals surface area contributed by atoms with Gasteiger partial charge >= 0.3 is 5.97 Å². The molecule has 5 heteroatoms. The number of rotatable bonds is 3. The lowest BCUT2D eigenvalue weighted by Crippen LogP contribution is -1.99. The van der Waals surface area contributed by atoms with E-state index in [4.69, 9.17) is 5.11 Å². The van der Waals surface area contributed by atoms with Crippen LogP contribution in [-0.2, 0) is 13.7 Å². The third-order valence-electron chi connectivity index (χ3n) is 2.83. The molecule has 0 fully saturated rings. The first-order chi connectivity index (χ1) is 8.52. The normalized spacial score (nSPS) is 10.6. The van der Waals surface area contributed by atoms with Crippen LogP contribution in [0.2, 0.25) is 0 Å². The zero-order valence-corrected chi connectivity index (χ0v) is 10.1. The number of nitrogens with zero attached hydrogens (tertiary/aromatic N) is 2. The second-order valence-electron chi connectivity index (χ2n) is 4.13. The molecule has 2 rings (SSSR count). The van der Waals surface area contributed by atoms with Crippen molar-refractivity contribution in [3.8, 4) is 11.3 Å². The van der Waals surface area contributed by atoms with E-state index in [9.17, 15) is 9.18 Å². The van der Waals surface area contributed by atoms with Crippen molar-refractivity contribution in [2.24, 2.45) is 7.05 Å². The lowest BCUT2D eigenvalue weighted by Gasteiger charge is -2.07. The number of benzene rings is 1. The predicted octanol–water partition coefficient (Wildman–Crippen LogP) is 2.56. The fourth-order valence-electron chi connectivity index (χ4n) is 1.85. The van der Waals surface area contributed by atoms with Gasteiger partial charge in [-0.25, -0.2) is 9.18 Å². The van der Waals surface area contributed by atoms with E-state index in [2.05, 4.69) is 5.10 Å².